The smallest absolute Gasteiger partial charge is 0.267 e. The molecule has 0 spiro atoms. The topological polar surface area (TPSA) is 86.1 Å². The number of rotatable bonds is 6. The molecular formula is C16H20N4O3S2. The van der Waals surface area contributed by atoms with Crippen molar-refractivity contribution < 1.29 is 13.2 Å². The highest BCUT2D eigenvalue weighted by Crippen LogP contribution is 2.31. The number of hydrogen-bond donors (Lipinski definition) is 1. The Balaban J connectivity index is 1.91. The number of aryl methyl sites for hydroxylation is 1. The van der Waals surface area contributed by atoms with Crippen molar-refractivity contribution in [1.29, 1.82) is 0 Å². The van der Waals surface area contributed by atoms with Crippen molar-refractivity contribution in [2.75, 3.05) is 11.3 Å². The van der Waals surface area contributed by atoms with Gasteiger partial charge in [-0.25, -0.2) is 13.4 Å². The monoisotopic (exact) mass is 380 g/mol. The van der Waals surface area contributed by atoms with Crippen molar-refractivity contribution in [2.45, 2.75) is 38.6 Å². The van der Waals surface area contributed by atoms with E-state index in [2.05, 4.69) is 14.8 Å². The van der Waals surface area contributed by atoms with Crippen LogP contribution in [0.25, 0.3) is 10.2 Å². The molecular weight excluding hydrogens is 360 g/mol. The lowest BCUT2D eigenvalue weighted by Gasteiger charge is -2.04. The molecule has 2 aromatic heterocycles. The highest BCUT2D eigenvalue weighted by Gasteiger charge is 2.22. The molecule has 0 aliphatic heterocycles. The Hall–Kier alpha value is -2.13. The van der Waals surface area contributed by atoms with E-state index in [0.29, 0.717) is 17.4 Å². The standard InChI is InChI=1S/C16H20N4O3S2/c1-5-23-12-6-7-13-14(8-12)24-16(17-13)19-25(21,22)15-9-20(10(2)3)18-11(15)4/h6-10H,5H2,1-4H3,(H,17,19). The SMILES string of the molecule is CCOc1ccc2nc(NS(=O)(=O)c3cn(C(C)C)nc3C)sc2c1. The summed E-state index contributed by atoms with van der Waals surface area (Å²) in [5.74, 6) is 0.738. The summed E-state index contributed by atoms with van der Waals surface area (Å²) in [6.45, 7) is 8.05. The number of anilines is 1. The number of thiazole rings is 1. The average molecular weight is 380 g/mol. The van der Waals surface area contributed by atoms with E-state index < -0.39 is 10.0 Å². The molecule has 7 nitrogen and oxygen atoms in total. The Kier molecular flexibility index (Phi) is 4.70. The van der Waals surface area contributed by atoms with Crippen LogP contribution in [0, 0.1) is 6.92 Å². The zero-order chi connectivity index (χ0) is 18.2. The van der Waals surface area contributed by atoms with Gasteiger partial charge in [-0.15, -0.1) is 0 Å². The highest BCUT2D eigenvalue weighted by molar-refractivity contribution is 7.93. The Morgan fingerprint density at radius 2 is 2.12 bits per heavy atom. The number of sulfonamides is 1. The Bertz CT molecular complexity index is 1010. The number of nitrogens with zero attached hydrogens (tertiary/aromatic N) is 3. The fourth-order valence-corrected chi connectivity index (χ4v) is 4.67. The van der Waals surface area contributed by atoms with Gasteiger partial charge in [-0.1, -0.05) is 11.3 Å². The van der Waals surface area contributed by atoms with Crippen LogP contribution in [0.15, 0.2) is 29.3 Å². The molecule has 0 saturated carbocycles. The molecule has 3 rings (SSSR count). The fraction of sp³-hybridized carbons (Fsp3) is 0.375. The third-order valence-electron chi connectivity index (χ3n) is 3.58. The first-order valence-corrected chi connectivity index (χ1v) is 10.2. The molecule has 0 radical (unpaired) electrons. The summed E-state index contributed by atoms with van der Waals surface area (Å²) in [5, 5.41) is 4.58. The molecule has 134 valence electrons. The van der Waals surface area contributed by atoms with Gasteiger partial charge in [0.25, 0.3) is 10.0 Å². The Labute approximate surface area is 150 Å². The third kappa shape index (κ3) is 3.62. The minimum absolute atomic E-state index is 0.0853. The molecule has 1 N–H and O–H groups in total. The van der Waals surface area contributed by atoms with Gasteiger partial charge >= 0.3 is 0 Å². The second-order valence-electron chi connectivity index (χ2n) is 5.84. The van der Waals surface area contributed by atoms with Crippen molar-refractivity contribution in [3.63, 3.8) is 0 Å². The first kappa shape index (κ1) is 17.7. The van der Waals surface area contributed by atoms with Crippen molar-refractivity contribution in [3.8, 4) is 5.75 Å². The second-order valence-corrected chi connectivity index (χ2v) is 8.52. The number of fused-ring (bicyclic) bond motifs is 1. The maximum atomic E-state index is 12.7. The van der Waals surface area contributed by atoms with Crippen LogP contribution in [0.1, 0.15) is 32.5 Å². The third-order valence-corrected chi connectivity index (χ3v) is 6.09. The van der Waals surface area contributed by atoms with E-state index in [1.165, 1.54) is 11.3 Å². The number of ether oxygens (including phenoxy) is 1. The Morgan fingerprint density at radius 1 is 1.36 bits per heavy atom. The van der Waals surface area contributed by atoms with Crippen LogP contribution in [0.2, 0.25) is 0 Å². The molecule has 0 amide bonds. The van der Waals surface area contributed by atoms with Gasteiger partial charge in [0.2, 0.25) is 0 Å². The summed E-state index contributed by atoms with van der Waals surface area (Å²) < 4.78 is 35.9. The van der Waals surface area contributed by atoms with Crippen LogP contribution in [0.5, 0.6) is 5.75 Å². The lowest BCUT2D eigenvalue weighted by molar-refractivity contribution is 0.341. The van der Waals surface area contributed by atoms with Gasteiger partial charge in [0.05, 0.1) is 22.5 Å². The number of benzene rings is 1. The lowest BCUT2D eigenvalue weighted by atomic mass is 10.3. The largest absolute Gasteiger partial charge is 0.494 e. The molecule has 0 saturated heterocycles. The zero-order valence-corrected chi connectivity index (χ0v) is 16.1. The van der Waals surface area contributed by atoms with E-state index in [0.717, 1.165) is 16.0 Å². The molecule has 0 bridgehead atoms. The van der Waals surface area contributed by atoms with E-state index in [1.807, 2.05) is 39.0 Å². The van der Waals surface area contributed by atoms with E-state index in [1.54, 1.807) is 17.8 Å². The molecule has 9 heteroatoms. The first-order chi connectivity index (χ1) is 11.8. The van der Waals surface area contributed by atoms with Crippen LogP contribution in [-0.2, 0) is 10.0 Å². The maximum absolute atomic E-state index is 12.7. The molecule has 0 unspecified atom stereocenters. The van der Waals surface area contributed by atoms with Gasteiger partial charge in [0.15, 0.2) is 5.13 Å². The molecule has 25 heavy (non-hydrogen) atoms. The van der Waals surface area contributed by atoms with E-state index >= 15 is 0 Å². The minimum Gasteiger partial charge on any atom is -0.494 e. The highest BCUT2D eigenvalue weighted by atomic mass is 32.2. The van der Waals surface area contributed by atoms with Gasteiger partial charge in [-0.2, -0.15) is 5.10 Å². The second kappa shape index (κ2) is 6.64. The summed E-state index contributed by atoms with van der Waals surface area (Å²) in [7, 11) is -3.74. The Morgan fingerprint density at radius 3 is 2.76 bits per heavy atom. The van der Waals surface area contributed by atoms with E-state index in [9.17, 15) is 8.42 Å². The summed E-state index contributed by atoms with van der Waals surface area (Å²) in [6.07, 6.45) is 1.54. The van der Waals surface area contributed by atoms with Gasteiger partial charge in [-0.05, 0) is 45.9 Å². The minimum atomic E-state index is -3.74. The number of hydrogen-bond acceptors (Lipinski definition) is 6. The van der Waals surface area contributed by atoms with E-state index in [4.69, 9.17) is 4.74 Å². The van der Waals surface area contributed by atoms with Crippen LogP contribution in [0.3, 0.4) is 0 Å². The molecule has 0 aliphatic rings. The summed E-state index contributed by atoms with van der Waals surface area (Å²) in [5.41, 5.74) is 1.18. The summed E-state index contributed by atoms with van der Waals surface area (Å²) in [4.78, 5) is 4.50. The first-order valence-electron chi connectivity index (χ1n) is 7.92. The van der Waals surface area contributed by atoms with E-state index in [-0.39, 0.29) is 10.9 Å². The van der Waals surface area contributed by atoms with Gasteiger partial charge in [0.1, 0.15) is 10.6 Å². The normalized spacial score (nSPS) is 12.0. The quantitative estimate of drug-likeness (QED) is 0.706. The van der Waals surface area contributed by atoms with Gasteiger partial charge in [0, 0.05) is 12.2 Å². The predicted octanol–water partition coefficient (Wildman–Crippen LogP) is 3.58. The number of aromatic nitrogens is 3. The van der Waals surface area contributed by atoms with Crippen LogP contribution < -0.4 is 9.46 Å². The van der Waals surface area contributed by atoms with Crippen molar-refractivity contribution in [3.05, 3.63) is 30.1 Å². The average Bonchev–Trinajstić information content (AvgIpc) is 3.10. The predicted molar refractivity (Wildman–Crippen MR) is 98.9 cm³/mol. The lowest BCUT2D eigenvalue weighted by Crippen LogP contribution is -2.13. The molecule has 0 atom stereocenters. The van der Waals surface area contributed by atoms with Crippen LogP contribution in [0.4, 0.5) is 5.13 Å². The maximum Gasteiger partial charge on any atom is 0.267 e. The van der Waals surface area contributed by atoms with Crippen molar-refractivity contribution >= 4 is 36.7 Å². The van der Waals surface area contributed by atoms with Crippen molar-refractivity contribution in [1.82, 2.24) is 14.8 Å². The molecule has 3 aromatic rings. The molecule has 0 aliphatic carbocycles. The summed E-state index contributed by atoms with van der Waals surface area (Å²) >= 11 is 1.27. The van der Waals surface area contributed by atoms with Crippen molar-refractivity contribution in [2.24, 2.45) is 0 Å². The van der Waals surface area contributed by atoms with Crippen LogP contribution in [-0.4, -0.2) is 29.8 Å². The summed E-state index contributed by atoms with van der Waals surface area (Å²) in [6, 6.07) is 5.58. The molecule has 0 fully saturated rings. The number of nitrogens with one attached hydrogen (secondary N) is 1. The zero-order valence-electron chi connectivity index (χ0n) is 14.5. The van der Waals surface area contributed by atoms with Crippen LogP contribution >= 0.6 is 11.3 Å². The van der Waals surface area contributed by atoms with Gasteiger partial charge in [-0.3, -0.25) is 9.40 Å². The molecule has 1 aromatic carbocycles. The molecule has 2 heterocycles. The fourth-order valence-electron chi connectivity index (χ4n) is 2.37. The van der Waals surface area contributed by atoms with Gasteiger partial charge < -0.3 is 4.74 Å².